The number of nitrogens with one attached hydrogen (secondary N) is 1. The highest BCUT2D eigenvalue weighted by Gasteiger charge is 2.07. The molecule has 1 aromatic heterocycles. The molecule has 2 rings (SSSR count). The molecular formula is C16H21NO3. The van der Waals surface area contributed by atoms with E-state index in [0.29, 0.717) is 13.2 Å². The highest BCUT2D eigenvalue weighted by atomic mass is 16.5. The largest absolute Gasteiger partial charge is 0.494 e. The van der Waals surface area contributed by atoms with Crippen LogP contribution in [0, 0.1) is 0 Å². The lowest BCUT2D eigenvalue weighted by molar-refractivity contribution is 0.265. The van der Waals surface area contributed by atoms with E-state index in [-0.39, 0.29) is 0 Å². The smallest absolute Gasteiger partial charge is 0.146 e. The van der Waals surface area contributed by atoms with E-state index in [9.17, 15) is 0 Å². The van der Waals surface area contributed by atoms with Crippen LogP contribution in [0.15, 0.2) is 41.0 Å². The molecule has 20 heavy (non-hydrogen) atoms. The first-order chi connectivity index (χ1) is 9.83. The molecule has 0 aliphatic rings. The van der Waals surface area contributed by atoms with Crippen molar-refractivity contribution in [1.29, 1.82) is 0 Å². The number of hydrogen-bond acceptors (Lipinski definition) is 4. The Labute approximate surface area is 119 Å². The van der Waals surface area contributed by atoms with Gasteiger partial charge in [-0.15, -0.1) is 0 Å². The van der Waals surface area contributed by atoms with Crippen molar-refractivity contribution in [3.8, 4) is 11.5 Å². The van der Waals surface area contributed by atoms with Gasteiger partial charge in [0.1, 0.15) is 23.9 Å². The van der Waals surface area contributed by atoms with Crippen LogP contribution < -0.4 is 14.8 Å². The molecule has 2 aromatic rings. The molecule has 0 bridgehead atoms. The molecule has 1 N–H and O–H groups in total. The molecule has 1 heterocycles. The van der Waals surface area contributed by atoms with Crippen LogP contribution in [0.4, 0.5) is 0 Å². The van der Waals surface area contributed by atoms with Gasteiger partial charge in [0.2, 0.25) is 0 Å². The molecular weight excluding hydrogens is 254 g/mol. The normalized spacial score (nSPS) is 10.5. The van der Waals surface area contributed by atoms with Crippen molar-refractivity contribution in [3.63, 3.8) is 0 Å². The number of rotatable bonds is 8. The maximum atomic E-state index is 5.76. The van der Waals surface area contributed by atoms with E-state index in [1.807, 2.05) is 37.3 Å². The molecule has 1 aromatic carbocycles. The van der Waals surface area contributed by atoms with Crippen molar-refractivity contribution >= 4 is 0 Å². The van der Waals surface area contributed by atoms with Crippen LogP contribution in [0.5, 0.6) is 11.5 Å². The summed E-state index contributed by atoms with van der Waals surface area (Å²) in [6.07, 6.45) is 1.70. The zero-order valence-electron chi connectivity index (χ0n) is 12.0. The van der Waals surface area contributed by atoms with Gasteiger partial charge in [-0.2, -0.15) is 0 Å². The first kappa shape index (κ1) is 14.5. The predicted molar refractivity (Wildman–Crippen MR) is 78.0 cm³/mol. The second-order valence-corrected chi connectivity index (χ2v) is 4.35. The molecule has 0 aliphatic carbocycles. The lowest BCUT2D eigenvalue weighted by Gasteiger charge is -2.08. The van der Waals surface area contributed by atoms with E-state index in [1.54, 1.807) is 6.26 Å². The fraction of sp³-hybridized carbons (Fsp3) is 0.375. The van der Waals surface area contributed by atoms with Gasteiger partial charge in [-0.3, -0.25) is 0 Å². The molecule has 0 atom stereocenters. The van der Waals surface area contributed by atoms with Gasteiger partial charge in [-0.25, -0.2) is 0 Å². The summed E-state index contributed by atoms with van der Waals surface area (Å²) >= 11 is 0. The molecule has 0 fully saturated rings. The summed E-state index contributed by atoms with van der Waals surface area (Å²) in [5, 5.41) is 3.28. The molecule has 4 heteroatoms. The average molecular weight is 275 g/mol. The van der Waals surface area contributed by atoms with Crippen LogP contribution in [0.25, 0.3) is 0 Å². The third-order valence-corrected chi connectivity index (χ3v) is 2.89. The third kappa shape index (κ3) is 4.03. The second-order valence-electron chi connectivity index (χ2n) is 4.35. The van der Waals surface area contributed by atoms with Crippen LogP contribution >= 0.6 is 0 Å². The van der Waals surface area contributed by atoms with Gasteiger partial charge in [-0.05, 0) is 31.7 Å². The summed E-state index contributed by atoms with van der Waals surface area (Å²) in [6.45, 7) is 6.84. The quantitative estimate of drug-likeness (QED) is 0.802. The Bertz CT molecular complexity index is 522. The van der Waals surface area contributed by atoms with Crippen molar-refractivity contribution < 1.29 is 13.9 Å². The summed E-state index contributed by atoms with van der Waals surface area (Å²) < 4.78 is 16.7. The minimum atomic E-state index is 0.420. The van der Waals surface area contributed by atoms with Crippen molar-refractivity contribution in [2.24, 2.45) is 0 Å². The summed E-state index contributed by atoms with van der Waals surface area (Å²) in [7, 11) is 0. The van der Waals surface area contributed by atoms with E-state index < -0.39 is 0 Å². The van der Waals surface area contributed by atoms with Gasteiger partial charge in [0, 0.05) is 18.2 Å². The van der Waals surface area contributed by atoms with E-state index in [4.69, 9.17) is 13.9 Å². The first-order valence-corrected chi connectivity index (χ1v) is 6.95. The summed E-state index contributed by atoms with van der Waals surface area (Å²) in [5.74, 6) is 2.45. The average Bonchev–Trinajstić information content (AvgIpc) is 2.91. The van der Waals surface area contributed by atoms with Gasteiger partial charge in [0.15, 0.2) is 0 Å². The maximum Gasteiger partial charge on any atom is 0.146 e. The Balaban J connectivity index is 1.94. The Kier molecular flexibility index (Phi) is 5.50. The van der Waals surface area contributed by atoms with Gasteiger partial charge in [-0.1, -0.05) is 13.0 Å². The number of furan rings is 1. The maximum absolute atomic E-state index is 5.76. The second kappa shape index (κ2) is 7.60. The SMILES string of the molecule is CCNCc1ccoc1COc1cccc(OCC)c1. The van der Waals surface area contributed by atoms with Crippen molar-refractivity contribution in [1.82, 2.24) is 5.32 Å². The molecule has 0 amide bonds. The Hall–Kier alpha value is -1.94. The molecule has 0 saturated carbocycles. The minimum Gasteiger partial charge on any atom is -0.494 e. The third-order valence-electron chi connectivity index (χ3n) is 2.89. The van der Waals surface area contributed by atoms with Gasteiger partial charge < -0.3 is 19.2 Å². The Morgan fingerprint density at radius 1 is 1.10 bits per heavy atom. The zero-order chi connectivity index (χ0) is 14.2. The molecule has 0 radical (unpaired) electrons. The molecule has 0 spiro atoms. The highest BCUT2D eigenvalue weighted by molar-refractivity contribution is 5.33. The fourth-order valence-corrected chi connectivity index (χ4v) is 1.88. The van der Waals surface area contributed by atoms with Crippen LogP contribution in [0.1, 0.15) is 25.2 Å². The van der Waals surface area contributed by atoms with Crippen molar-refractivity contribution in [2.45, 2.75) is 27.0 Å². The standard InChI is InChI=1S/C16H21NO3/c1-3-17-11-13-8-9-19-16(13)12-20-15-7-5-6-14(10-15)18-4-2/h5-10,17H,3-4,11-12H2,1-2H3. The van der Waals surface area contributed by atoms with Gasteiger partial charge >= 0.3 is 0 Å². The lowest BCUT2D eigenvalue weighted by atomic mass is 10.2. The predicted octanol–water partition coefficient (Wildman–Crippen LogP) is 3.37. The van der Waals surface area contributed by atoms with Gasteiger partial charge in [0.25, 0.3) is 0 Å². The van der Waals surface area contributed by atoms with E-state index in [1.165, 1.54) is 0 Å². The van der Waals surface area contributed by atoms with Gasteiger partial charge in [0.05, 0.1) is 12.9 Å². The van der Waals surface area contributed by atoms with Crippen LogP contribution in [0.2, 0.25) is 0 Å². The molecule has 0 unspecified atom stereocenters. The number of hydrogen-bond donors (Lipinski definition) is 1. The Morgan fingerprint density at radius 2 is 1.90 bits per heavy atom. The minimum absolute atomic E-state index is 0.420. The fourth-order valence-electron chi connectivity index (χ4n) is 1.88. The monoisotopic (exact) mass is 275 g/mol. The Morgan fingerprint density at radius 3 is 2.65 bits per heavy atom. The van der Waals surface area contributed by atoms with Crippen LogP contribution in [-0.4, -0.2) is 13.2 Å². The number of benzene rings is 1. The van der Waals surface area contributed by atoms with Crippen LogP contribution in [0.3, 0.4) is 0 Å². The topological polar surface area (TPSA) is 43.6 Å². The van der Waals surface area contributed by atoms with E-state index >= 15 is 0 Å². The highest BCUT2D eigenvalue weighted by Crippen LogP contribution is 2.21. The summed E-state index contributed by atoms with van der Waals surface area (Å²) in [4.78, 5) is 0. The molecule has 4 nitrogen and oxygen atoms in total. The first-order valence-electron chi connectivity index (χ1n) is 6.95. The summed E-state index contributed by atoms with van der Waals surface area (Å²) in [5.41, 5.74) is 1.13. The molecule has 0 aliphatic heterocycles. The number of ether oxygens (including phenoxy) is 2. The zero-order valence-corrected chi connectivity index (χ0v) is 12.0. The van der Waals surface area contributed by atoms with Crippen molar-refractivity contribution in [2.75, 3.05) is 13.2 Å². The summed E-state index contributed by atoms with van der Waals surface area (Å²) in [6, 6.07) is 9.60. The molecule has 0 saturated heterocycles. The van der Waals surface area contributed by atoms with Crippen molar-refractivity contribution in [3.05, 3.63) is 47.9 Å². The lowest BCUT2D eigenvalue weighted by Crippen LogP contribution is -2.12. The van der Waals surface area contributed by atoms with E-state index in [2.05, 4.69) is 12.2 Å². The van der Waals surface area contributed by atoms with E-state index in [0.717, 1.165) is 35.9 Å². The molecule has 108 valence electrons. The van der Waals surface area contributed by atoms with Crippen LogP contribution in [-0.2, 0) is 13.2 Å².